The monoisotopic (exact) mass is 222 g/mol. The summed E-state index contributed by atoms with van der Waals surface area (Å²) in [6.45, 7) is 5.54. The van der Waals surface area contributed by atoms with Crippen LogP contribution in [0.25, 0.3) is 0 Å². The van der Waals surface area contributed by atoms with Crippen molar-refractivity contribution >= 4 is 0 Å². The number of nitrogens with zero attached hydrogens (tertiary/aromatic N) is 1. The summed E-state index contributed by atoms with van der Waals surface area (Å²) in [6, 6.07) is 4.36. The Bertz CT molecular complexity index is 277. The molecule has 2 N–H and O–H groups in total. The SMILES string of the molecule is CCC(CCO)CNC(C)c1cccnc1. The quantitative estimate of drug-likeness (QED) is 0.743. The molecule has 3 heteroatoms. The van der Waals surface area contributed by atoms with Crippen LogP contribution in [0.15, 0.2) is 24.5 Å². The number of aromatic nitrogens is 1. The van der Waals surface area contributed by atoms with E-state index in [4.69, 9.17) is 5.11 Å². The minimum absolute atomic E-state index is 0.279. The lowest BCUT2D eigenvalue weighted by Crippen LogP contribution is -2.26. The lowest BCUT2D eigenvalue weighted by molar-refractivity contribution is 0.249. The van der Waals surface area contributed by atoms with Gasteiger partial charge in [0.2, 0.25) is 0 Å². The van der Waals surface area contributed by atoms with Crippen LogP contribution < -0.4 is 5.32 Å². The van der Waals surface area contributed by atoms with E-state index in [1.807, 2.05) is 12.3 Å². The van der Waals surface area contributed by atoms with Crippen LogP contribution in [0, 0.1) is 5.92 Å². The lowest BCUT2D eigenvalue weighted by Gasteiger charge is -2.19. The summed E-state index contributed by atoms with van der Waals surface area (Å²) in [5, 5.41) is 12.4. The van der Waals surface area contributed by atoms with Gasteiger partial charge in [-0.1, -0.05) is 19.4 Å². The first kappa shape index (κ1) is 13.1. The zero-order valence-corrected chi connectivity index (χ0v) is 10.2. The molecule has 1 rings (SSSR count). The van der Waals surface area contributed by atoms with Crippen LogP contribution in [0.5, 0.6) is 0 Å². The maximum atomic E-state index is 8.91. The van der Waals surface area contributed by atoms with Gasteiger partial charge in [-0.05, 0) is 37.4 Å². The summed E-state index contributed by atoms with van der Waals surface area (Å²) in [7, 11) is 0. The molecule has 0 aromatic carbocycles. The molecular formula is C13H22N2O. The third kappa shape index (κ3) is 4.29. The number of nitrogens with one attached hydrogen (secondary N) is 1. The Balaban J connectivity index is 2.37. The fraction of sp³-hybridized carbons (Fsp3) is 0.615. The highest BCUT2D eigenvalue weighted by Crippen LogP contribution is 2.12. The van der Waals surface area contributed by atoms with Crippen LogP contribution in [-0.2, 0) is 0 Å². The average Bonchev–Trinajstić information content (AvgIpc) is 2.35. The van der Waals surface area contributed by atoms with Crippen molar-refractivity contribution in [3.05, 3.63) is 30.1 Å². The van der Waals surface area contributed by atoms with E-state index >= 15 is 0 Å². The number of rotatable bonds is 7. The molecule has 1 aromatic heterocycles. The molecule has 1 heterocycles. The highest BCUT2D eigenvalue weighted by atomic mass is 16.3. The maximum absolute atomic E-state index is 8.91. The number of hydrogen-bond acceptors (Lipinski definition) is 3. The topological polar surface area (TPSA) is 45.1 Å². The highest BCUT2D eigenvalue weighted by Gasteiger charge is 2.09. The number of aliphatic hydroxyl groups excluding tert-OH is 1. The Hall–Kier alpha value is -0.930. The standard InChI is InChI=1S/C13H22N2O/c1-3-12(6-8-16)9-15-11(2)13-5-4-7-14-10-13/h4-5,7,10-12,15-16H,3,6,8-9H2,1-2H3. The van der Waals surface area contributed by atoms with E-state index < -0.39 is 0 Å². The summed E-state index contributed by atoms with van der Waals surface area (Å²) < 4.78 is 0. The molecule has 3 nitrogen and oxygen atoms in total. The van der Waals surface area contributed by atoms with Gasteiger partial charge >= 0.3 is 0 Å². The minimum atomic E-state index is 0.279. The van der Waals surface area contributed by atoms with Crippen molar-refractivity contribution in [2.45, 2.75) is 32.7 Å². The Kier molecular flexibility index (Phi) is 6.04. The molecule has 0 bridgehead atoms. The van der Waals surface area contributed by atoms with Gasteiger partial charge in [-0.25, -0.2) is 0 Å². The van der Waals surface area contributed by atoms with Crippen molar-refractivity contribution in [1.29, 1.82) is 0 Å². The third-order valence-corrected chi connectivity index (χ3v) is 3.01. The zero-order chi connectivity index (χ0) is 11.8. The summed E-state index contributed by atoms with van der Waals surface area (Å²) in [5.74, 6) is 0.559. The molecule has 0 saturated carbocycles. The van der Waals surface area contributed by atoms with E-state index in [0.29, 0.717) is 12.0 Å². The zero-order valence-electron chi connectivity index (χ0n) is 10.2. The summed E-state index contributed by atoms with van der Waals surface area (Å²) in [5.41, 5.74) is 1.21. The predicted octanol–water partition coefficient (Wildman–Crippen LogP) is 2.14. The second kappa shape index (κ2) is 7.36. The van der Waals surface area contributed by atoms with Crippen LogP contribution in [0.2, 0.25) is 0 Å². The van der Waals surface area contributed by atoms with Gasteiger partial charge in [-0.2, -0.15) is 0 Å². The number of aliphatic hydroxyl groups is 1. The molecule has 0 aliphatic carbocycles. The fourth-order valence-electron chi connectivity index (χ4n) is 1.73. The minimum Gasteiger partial charge on any atom is -0.396 e. The summed E-state index contributed by atoms with van der Waals surface area (Å²) in [6.07, 6.45) is 5.66. The Morgan fingerprint density at radius 2 is 2.31 bits per heavy atom. The van der Waals surface area contributed by atoms with Crippen LogP contribution in [-0.4, -0.2) is 23.2 Å². The number of hydrogen-bond donors (Lipinski definition) is 2. The first-order valence-corrected chi connectivity index (χ1v) is 6.02. The summed E-state index contributed by atoms with van der Waals surface area (Å²) >= 11 is 0. The van der Waals surface area contributed by atoms with Gasteiger partial charge in [0.15, 0.2) is 0 Å². The average molecular weight is 222 g/mol. The molecule has 0 radical (unpaired) electrons. The van der Waals surface area contributed by atoms with Crippen molar-refractivity contribution in [3.63, 3.8) is 0 Å². The second-order valence-electron chi connectivity index (χ2n) is 4.20. The third-order valence-electron chi connectivity index (χ3n) is 3.01. The first-order chi connectivity index (χ1) is 7.77. The lowest BCUT2D eigenvalue weighted by atomic mass is 10.0. The molecule has 0 saturated heterocycles. The van der Waals surface area contributed by atoms with E-state index in [-0.39, 0.29) is 6.61 Å². The largest absolute Gasteiger partial charge is 0.396 e. The number of pyridine rings is 1. The fourth-order valence-corrected chi connectivity index (χ4v) is 1.73. The van der Waals surface area contributed by atoms with E-state index in [1.54, 1.807) is 6.20 Å². The molecule has 2 atom stereocenters. The normalized spacial score (nSPS) is 14.7. The van der Waals surface area contributed by atoms with Gasteiger partial charge in [-0.3, -0.25) is 4.98 Å². The van der Waals surface area contributed by atoms with Gasteiger partial charge in [0.05, 0.1) is 0 Å². The van der Waals surface area contributed by atoms with Gasteiger partial charge in [0, 0.05) is 25.0 Å². The highest BCUT2D eigenvalue weighted by molar-refractivity contribution is 5.12. The van der Waals surface area contributed by atoms with Crippen molar-refractivity contribution in [3.8, 4) is 0 Å². The molecule has 0 amide bonds. The molecule has 16 heavy (non-hydrogen) atoms. The van der Waals surface area contributed by atoms with Gasteiger partial charge in [0.25, 0.3) is 0 Å². The molecule has 0 fully saturated rings. The van der Waals surface area contributed by atoms with E-state index in [0.717, 1.165) is 19.4 Å². The molecule has 0 aliphatic rings. The van der Waals surface area contributed by atoms with Crippen molar-refractivity contribution in [2.75, 3.05) is 13.2 Å². The Morgan fingerprint density at radius 3 is 2.88 bits per heavy atom. The molecule has 90 valence electrons. The van der Waals surface area contributed by atoms with Crippen LogP contribution in [0.3, 0.4) is 0 Å². The smallest absolute Gasteiger partial charge is 0.0434 e. The molecular weight excluding hydrogens is 200 g/mol. The molecule has 1 aromatic rings. The molecule has 0 aliphatic heterocycles. The van der Waals surface area contributed by atoms with Gasteiger partial charge < -0.3 is 10.4 Å². The van der Waals surface area contributed by atoms with Crippen LogP contribution in [0.4, 0.5) is 0 Å². The van der Waals surface area contributed by atoms with Crippen molar-refractivity contribution < 1.29 is 5.11 Å². The predicted molar refractivity (Wildman–Crippen MR) is 66.1 cm³/mol. The van der Waals surface area contributed by atoms with E-state index in [9.17, 15) is 0 Å². The molecule has 0 spiro atoms. The first-order valence-electron chi connectivity index (χ1n) is 6.02. The molecule has 2 unspecified atom stereocenters. The van der Waals surface area contributed by atoms with Crippen LogP contribution >= 0.6 is 0 Å². The second-order valence-corrected chi connectivity index (χ2v) is 4.20. The summed E-state index contributed by atoms with van der Waals surface area (Å²) in [4.78, 5) is 4.11. The van der Waals surface area contributed by atoms with Crippen molar-refractivity contribution in [1.82, 2.24) is 10.3 Å². The van der Waals surface area contributed by atoms with E-state index in [1.165, 1.54) is 5.56 Å². The Morgan fingerprint density at radius 1 is 1.50 bits per heavy atom. The van der Waals surface area contributed by atoms with Crippen molar-refractivity contribution in [2.24, 2.45) is 5.92 Å². The maximum Gasteiger partial charge on any atom is 0.0434 e. The van der Waals surface area contributed by atoms with E-state index in [2.05, 4.69) is 30.2 Å². The van der Waals surface area contributed by atoms with Crippen LogP contribution in [0.1, 0.15) is 38.3 Å². The van der Waals surface area contributed by atoms with Gasteiger partial charge in [-0.15, -0.1) is 0 Å². The van der Waals surface area contributed by atoms with Gasteiger partial charge in [0.1, 0.15) is 0 Å². The Labute approximate surface area is 97.9 Å².